The van der Waals surface area contributed by atoms with Crippen LogP contribution in [0.3, 0.4) is 0 Å². The molecule has 1 unspecified atom stereocenters. The molecule has 21 heavy (non-hydrogen) atoms. The molecule has 0 aliphatic carbocycles. The summed E-state index contributed by atoms with van der Waals surface area (Å²) in [5.74, 6) is 1.93. The van der Waals surface area contributed by atoms with Crippen molar-refractivity contribution in [2.45, 2.75) is 71.9 Å². The van der Waals surface area contributed by atoms with Gasteiger partial charge in [0.15, 0.2) is 0 Å². The summed E-state index contributed by atoms with van der Waals surface area (Å²) in [6.45, 7) is 10.9. The number of para-hydroxylation sites is 1. The summed E-state index contributed by atoms with van der Waals surface area (Å²) in [4.78, 5) is 0. The molecule has 0 fully saturated rings. The normalized spacial score (nSPS) is 17.3. The third-order valence-corrected chi connectivity index (χ3v) is 4.46. The van der Waals surface area contributed by atoms with E-state index in [1.165, 1.54) is 36.8 Å². The molecule has 1 aromatic carbocycles. The highest BCUT2D eigenvalue weighted by molar-refractivity contribution is 5.45. The minimum Gasteiger partial charge on any atom is -0.487 e. The molecule has 1 aliphatic heterocycles. The second kappa shape index (κ2) is 7.31. The van der Waals surface area contributed by atoms with Crippen LogP contribution < -0.4 is 10.1 Å². The van der Waals surface area contributed by atoms with Crippen molar-refractivity contribution >= 4 is 0 Å². The van der Waals surface area contributed by atoms with Gasteiger partial charge in [-0.1, -0.05) is 51.3 Å². The first-order chi connectivity index (χ1) is 10.1. The van der Waals surface area contributed by atoms with E-state index in [0.29, 0.717) is 0 Å². The first-order valence-electron chi connectivity index (χ1n) is 8.56. The van der Waals surface area contributed by atoms with Gasteiger partial charge in [0.2, 0.25) is 0 Å². The van der Waals surface area contributed by atoms with Gasteiger partial charge in [0.25, 0.3) is 0 Å². The van der Waals surface area contributed by atoms with E-state index < -0.39 is 0 Å². The molecular formula is C19H31NO. The fourth-order valence-corrected chi connectivity index (χ4v) is 3.17. The van der Waals surface area contributed by atoms with Crippen LogP contribution in [-0.4, -0.2) is 12.1 Å². The van der Waals surface area contributed by atoms with Gasteiger partial charge in [-0.15, -0.1) is 0 Å². The van der Waals surface area contributed by atoms with Crippen LogP contribution in [-0.2, 0) is 13.0 Å². The Balaban J connectivity index is 1.89. The molecule has 1 N–H and O–H groups in total. The van der Waals surface area contributed by atoms with Gasteiger partial charge in [0.05, 0.1) is 0 Å². The predicted molar refractivity (Wildman–Crippen MR) is 89.9 cm³/mol. The van der Waals surface area contributed by atoms with Crippen LogP contribution in [0.4, 0.5) is 0 Å². The van der Waals surface area contributed by atoms with Crippen molar-refractivity contribution in [2.24, 2.45) is 5.92 Å². The Hall–Kier alpha value is -1.02. The zero-order valence-electron chi connectivity index (χ0n) is 14.2. The Labute approximate surface area is 130 Å². The molecule has 0 aromatic heterocycles. The third kappa shape index (κ3) is 4.47. The number of benzene rings is 1. The monoisotopic (exact) mass is 289 g/mol. The molecule has 0 saturated carbocycles. The number of nitrogens with one attached hydrogen (secondary N) is 1. The van der Waals surface area contributed by atoms with Gasteiger partial charge in [-0.25, -0.2) is 0 Å². The smallest absolute Gasteiger partial charge is 0.127 e. The minimum atomic E-state index is -0.0501. The molecule has 2 nitrogen and oxygen atoms in total. The lowest BCUT2D eigenvalue weighted by molar-refractivity contribution is 0.137. The molecular weight excluding hydrogens is 258 g/mol. The van der Waals surface area contributed by atoms with Crippen LogP contribution >= 0.6 is 0 Å². The SMILES string of the molecule is CCCCC(CC)CNCc1cccc2c1OC(C)(C)C2. The van der Waals surface area contributed by atoms with Crippen molar-refractivity contribution in [1.82, 2.24) is 5.32 Å². The molecule has 0 radical (unpaired) electrons. The zero-order chi connectivity index (χ0) is 15.3. The summed E-state index contributed by atoms with van der Waals surface area (Å²) < 4.78 is 6.13. The first-order valence-corrected chi connectivity index (χ1v) is 8.56. The van der Waals surface area contributed by atoms with E-state index in [4.69, 9.17) is 4.74 Å². The number of unbranched alkanes of at least 4 members (excludes halogenated alkanes) is 1. The maximum Gasteiger partial charge on any atom is 0.127 e. The van der Waals surface area contributed by atoms with E-state index in [1.807, 2.05) is 0 Å². The highest BCUT2D eigenvalue weighted by Crippen LogP contribution is 2.37. The minimum absolute atomic E-state index is 0.0501. The molecule has 1 aromatic rings. The van der Waals surface area contributed by atoms with E-state index in [-0.39, 0.29) is 5.60 Å². The molecule has 0 amide bonds. The van der Waals surface area contributed by atoms with Gasteiger partial charge in [-0.2, -0.15) is 0 Å². The summed E-state index contributed by atoms with van der Waals surface area (Å²) in [5.41, 5.74) is 2.62. The Morgan fingerprint density at radius 3 is 2.81 bits per heavy atom. The second-order valence-corrected chi connectivity index (χ2v) is 6.99. The molecule has 0 spiro atoms. The van der Waals surface area contributed by atoms with Gasteiger partial charge in [0, 0.05) is 18.5 Å². The number of rotatable bonds is 8. The van der Waals surface area contributed by atoms with Gasteiger partial charge in [-0.05, 0) is 38.3 Å². The predicted octanol–water partition coefficient (Wildman–Crippen LogP) is 4.71. The maximum absolute atomic E-state index is 6.13. The van der Waals surface area contributed by atoms with E-state index in [1.54, 1.807) is 0 Å². The Morgan fingerprint density at radius 2 is 2.10 bits per heavy atom. The van der Waals surface area contributed by atoms with Crippen LogP contribution in [0.15, 0.2) is 18.2 Å². The maximum atomic E-state index is 6.13. The molecule has 2 rings (SSSR count). The van der Waals surface area contributed by atoms with E-state index in [2.05, 4.69) is 51.2 Å². The van der Waals surface area contributed by atoms with Crippen LogP contribution in [0.5, 0.6) is 5.75 Å². The Kier molecular flexibility index (Phi) is 5.69. The number of hydrogen-bond donors (Lipinski definition) is 1. The molecule has 118 valence electrons. The lowest BCUT2D eigenvalue weighted by atomic mass is 9.99. The lowest BCUT2D eigenvalue weighted by Gasteiger charge is -2.19. The van der Waals surface area contributed by atoms with Crippen LogP contribution in [0.2, 0.25) is 0 Å². The van der Waals surface area contributed by atoms with Crippen molar-refractivity contribution in [2.75, 3.05) is 6.54 Å². The van der Waals surface area contributed by atoms with Crippen molar-refractivity contribution in [3.05, 3.63) is 29.3 Å². The number of ether oxygens (including phenoxy) is 1. The van der Waals surface area contributed by atoms with Gasteiger partial charge < -0.3 is 10.1 Å². The van der Waals surface area contributed by atoms with E-state index in [0.717, 1.165) is 31.2 Å². The second-order valence-electron chi connectivity index (χ2n) is 6.99. The first kappa shape index (κ1) is 16.4. The molecule has 1 heterocycles. The standard InChI is InChI=1S/C19H31NO/c1-5-7-9-15(6-2)13-20-14-17-11-8-10-16-12-19(3,4)21-18(16)17/h8,10-11,15,20H,5-7,9,12-14H2,1-4H3. The topological polar surface area (TPSA) is 21.3 Å². The van der Waals surface area contributed by atoms with E-state index in [9.17, 15) is 0 Å². The molecule has 2 heteroatoms. The summed E-state index contributed by atoms with van der Waals surface area (Å²) in [6.07, 6.45) is 6.27. The zero-order valence-corrected chi connectivity index (χ0v) is 14.2. The Morgan fingerprint density at radius 1 is 1.29 bits per heavy atom. The van der Waals surface area contributed by atoms with Crippen molar-refractivity contribution in [1.29, 1.82) is 0 Å². The lowest BCUT2D eigenvalue weighted by Crippen LogP contribution is -2.25. The van der Waals surface area contributed by atoms with E-state index >= 15 is 0 Å². The summed E-state index contributed by atoms with van der Waals surface area (Å²) in [7, 11) is 0. The fraction of sp³-hybridized carbons (Fsp3) is 0.684. The number of hydrogen-bond acceptors (Lipinski definition) is 2. The number of fused-ring (bicyclic) bond motifs is 1. The van der Waals surface area contributed by atoms with Gasteiger partial charge in [-0.3, -0.25) is 0 Å². The third-order valence-electron chi connectivity index (χ3n) is 4.46. The highest BCUT2D eigenvalue weighted by Gasteiger charge is 2.31. The van der Waals surface area contributed by atoms with Gasteiger partial charge >= 0.3 is 0 Å². The van der Waals surface area contributed by atoms with Crippen LogP contribution in [0, 0.1) is 5.92 Å². The van der Waals surface area contributed by atoms with Gasteiger partial charge in [0.1, 0.15) is 11.4 Å². The molecule has 0 saturated heterocycles. The fourth-order valence-electron chi connectivity index (χ4n) is 3.17. The summed E-state index contributed by atoms with van der Waals surface area (Å²) >= 11 is 0. The quantitative estimate of drug-likeness (QED) is 0.748. The molecule has 0 bridgehead atoms. The average molecular weight is 289 g/mol. The summed E-state index contributed by atoms with van der Waals surface area (Å²) in [5, 5.41) is 3.64. The summed E-state index contributed by atoms with van der Waals surface area (Å²) in [6, 6.07) is 6.55. The van der Waals surface area contributed by atoms with Crippen LogP contribution in [0.25, 0.3) is 0 Å². The molecule has 1 aliphatic rings. The molecule has 1 atom stereocenters. The largest absolute Gasteiger partial charge is 0.487 e. The van der Waals surface area contributed by atoms with Crippen molar-refractivity contribution in [3.8, 4) is 5.75 Å². The Bertz CT molecular complexity index is 453. The van der Waals surface area contributed by atoms with Crippen molar-refractivity contribution in [3.63, 3.8) is 0 Å². The van der Waals surface area contributed by atoms with Crippen LogP contribution in [0.1, 0.15) is 64.5 Å². The average Bonchev–Trinajstić information content (AvgIpc) is 2.77. The van der Waals surface area contributed by atoms with Crippen molar-refractivity contribution < 1.29 is 4.74 Å². The highest BCUT2D eigenvalue weighted by atomic mass is 16.5.